The number of pyridine rings is 2. The van der Waals surface area contributed by atoms with Crippen LogP contribution in [0.15, 0.2) is 77.9 Å². The van der Waals surface area contributed by atoms with Gasteiger partial charge in [0, 0.05) is 28.9 Å². The fraction of sp³-hybridized carbons (Fsp3) is 0.0455. The molecule has 4 rings (SSSR count). The Morgan fingerprint density at radius 1 is 1.07 bits per heavy atom. The minimum Gasteiger partial charge on any atom is -0.435 e. The zero-order chi connectivity index (χ0) is 21.1. The Kier molecular flexibility index (Phi) is 5.21. The van der Waals surface area contributed by atoms with Gasteiger partial charge in [-0.15, -0.1) is 0 Å². The number of nitrogens with zero attached hydrogens (tertiary/aromatic N) is 1. The summed E-state index contributed by atoms with van der Waals surface area (Å²) >= 11 is 0. The lowest BCUT2D eigenvalue weighted by Gasteiger charge is -2.11. The Bertz CT molecular complexity index is 1270. The van der Waals surface area contributed by atoms with Crippen molar-refractivity contribution in [1.82, 2.24) is 9.97 Å². The molecule has 2 aromatic carbocycles. The van der Waals surface area contributed by atoms with Gasteiger partial charge in [-0.3, -0.25) is 14.6 Å². The first-order valence-electron chi connectivity index (χ1n) is 8.94. The van der Waals surface area contributed by atoms with Crippen LogP contribution in [0.2, 0.25) is 0 Å². The molecule has 0 saturated carbocycles. The van der Waals surface area contributed by atoms with Crippen molar-refractivity contribution in [2.45, 2.75) is 6.61 Å². The summed E-state index contributed by atoms with van der Waals surface area (Å²) in [5, 5.41) is 3.06. The van der Waals surface area contributed by atoms with Gasteiger partial charge in [0.05, 0.1) is 23.0 Å². The number of H-pyrrole nitrogens is 1. The Morgan fingerprint density at radius 3 is 2.67 bits per heavy atom. The molecule has 0 atom stereocenters. The van der Waals surface area contributed by atoms with E-state index in [1.54, 1.807) is 42.6 Å². The number of hydrogen-bond donors (Lipinski definition) is 2. The summed E-state index contributed by atoms with van der Waals surface area (Å²) in [5.41, 5.74) is 1.63. The van der Waals surface area contributed by atoms with Crippen LogP contribution in [0, 0.1) is 0 Å². The number of carbonyl (C=O) groups is 1. The van der Waals surface area contributed by atoms with E-state index in [2.05, 4.69) is 20.0 Å². The van der Waals surface area contributed by atoms with Crippen molar-refractivity contribution in [3.63, 3.8) is 0 Å². The molecule has 0 radical (unpaired) electrons. The summed E-state index contributed by atoms with van der Waals surface area (Å²) in [4.78, 5) is 32.5. The molecule has 0 fully saturated rings. The molecule has 8 heteroatoms. The Hall–Kier alpha value is -4.07. The number of alkyl halides is 2. The van der Waals surface area contributed by atoms with Gasteiger partial charge in [0.15, 0.2) is 5.43 Å². The van der Waals surface area contributed by atoms with Gasteiger partial charge >= 0.3 is 6.61 Å². The Morgan fingerprint density at radius 2 is 1.90 bits per heavy atom. The van der Waals surface area contributed by atoms with E-state index in [0.717, 1.165) is 0 Å². The molecule has 2 aromatic heterocycles. The van der Waals surface area contributed by atoms with E-state index in [1.165, 1.54) is 30.5 Å². The van der Waals surface area contributed by atoms with E-state index in [1.807, 2.05) is 0 Å². The van der Waals surface area contributed by atoms with Crippen molar-refractivity contribution in [1.29, 1.82) is 0 Å². The highest BCUT2D eigenvalue weighted by Gasteiger charge is 2.14. The average molecular weight is 407 g/mol. The van der Waals surface area contributed by atoms with Gasteiger partial charge in [0.25, 0.3) is 5.91 Å². The summed E-state index contributed by atoms with van der Waals surface area (Å²) in [6, 6.07) is 15.5. The molecule has 2 N–H and O–H groups in total. The van der Waals surface area contributed by atoms with E-state index in [9.17, 15) is 18.4 Å². The van der Waals surface area contributed by atoms with Crippen molar-refractivity contribution in [3.8, 4) is 17.0 Å². The molecular formula is C22H15F2N3O3. The highest BCUT2D eigenvalue weighted by molar-refractivity contribution is 6.12. The molecule has 0 saturated heterocycles. The molecule has 30 heavy (non-hydrogen) atoms. The number of aromatic amines is 1. The number of fused-ring (bicyclic) bond motifs is 1. The molecule has 0 bridgehead atoms. The number of nitrogens with one attached hydrogen (secondary N) is 2. The van der Waals surface area contributed by atoms with Crippen LogP contribution in [0.1, 0.15) is 10.4 Å². The summed E-state index contributed by atoms with van der Waals surface area (Å²) < 4.78 is 29.5. The van der Waals surface area contributed by atoms with Crippen molar-refractivity contribution >= 4 is 22.5 Å². The second kappa shape index (κ2) is 8.12. The van der Waals surface area contributed by atoms with E-state index < -0.39 is 12.5 Å². The largest absolute Gasteiger partial charge is 0.435 e. The van der Waals surface area contributed by atoms with Gasteiger partial charge in [0.2, 0.25) is 0 Å². The molecule has 6 nitrogen and oxygen atoms in total. The number of halogens is 2. The van der Waals surface area contributed by atoms with Crippen molar-refractivity contribution in [2.75, 3.05) is 5.32 Å². The van der Waals surface area contributed by atoms with Gasteiger partial charge < -0.3 is 15.0 Å². The van der Waals surface area contributed by atoms with Gasteiger partial charge in [-0.1, -0.05) is 18.2 Å². The first-order valence-corrected chi connectivity index (χ1v) is 8.94. The molecule has 0 aliphatic carbocycles. The predicted molar refractivity (Wildman–Crippen MR) is 109 cm³/mol. The van der Waals surface area contributed by atoms with E-state index in [4.69, 9.17) is 0 Å². The highest BCUT2D eigenvalue weighted by Crippen LogP contribution is 2.25. The van der Waals surface area contributed by atoms with Crippen LogP contribution in [-0.4, -0.2) is 22.5 Å². The molecular weight excluding hydrogens is 392 g/mol. The zero-order valence-electron chi connectivity index (χ0n) is 15.4. The van der Waals surface area contributed by atoms with Crippen LogP contribution < -0.4 is 15.5 Å². The third kappa shape index (κ3) is 4.02. The number of para-hydroxylation sites is 1. The topological polar surface area (TPSA) is 84.1 Å². The lowest BCUT2D eigenvalue weighted by atomic mass is 10.1. The summed E-state index contributed by atoms with van der Waals surface area (Å²) in [7, 11) is 0. The standard InChI is InChI=1S/C22H15F2N3O3/c23-22(24)30-15-6-1-4-13(10-15)18-11-19(28)16-7-2-8-17(20(16)27-18)21(29)26-14-5-3-9-25-12-14/h1-12,22H,(H,26,29)(H,27,28). The van der Waals surface area contributed by atoms with Crippen LogP contribution >= 0.6 is 0 Å². The van der Waals surface area contributed by atoms with Crippen LogP contribution in [0.4, 0.5) is 14.5 Å². The highest BCUT2D eigenvalue weighted by atomic mass is 19.3. The number of rotatable bonds is 5. The molecule has 0 unspecified atom stereocenters. The van der Waals surface area contributed by atoms with E-state index in [-0.39, 0.29) is 16.7 Å². The van der Waals surface area contributed by atoms with Gasteiger partial charge in [-0.25, -0.2) is 0 Å². The molecule has 4 aromatic rings. The number of benzene rings is 2. The third-order valence-corrected chi connectivity index (χ3v) is 4.40. The van der Waals surface area contributed by atoms with Gasteiger partial charge in [-0.2, -0.15) is 8.78 Å². The average Bonchev–Trinajstić information content (AvgIpc) is 2.74. The zero-order valence-corrected chi connectivity index (χ0v) is 15.4. The minimum atomic E-state index is -2.96. The summed E-state index contributed by atoms with van der Waals surface area (Å²) in [5.74, 6) is -0.456. The van der Waals surface area contributed by atoms with Crippen LogP contribution in [0.3, 0.4) is 0 Å². The molecule has 2 heterocycles. The van der Waals surface area contributed by atoms with Crippen LogP contribution in [0.5, 0.6) is 5.75 Å². The maximum atomic E-state index is 12.8. The van der Waals surface area contributed by atoms with Crippen LogP contribution in [0.25, 0.3) is 22.2 Å². The molecule has 150 valence electrons. The first-order chi connectivity index (χ1) is 14.5. The number of hydrogen-bond acceptors (Lipinski definition) is 4. The van der Waals surface area contributed by atoms with Gasteiger partial charge in [0.1, 0.15) is 5.75 Å². The lowest BCUT2D eigenvalue weighted by molar-refractivity contribution is -0.0498. The maximum absolute atomic E-state index is 12.8. The predicted octanol–water partition coefficient (Wildman–Crippen LogP) is 4.44. The summed E-state index contributed by atoms with van der Waals surface area (Å²) in [6.07, 6.45) is 3.09. The minimum absolute atomic E-state index is 0.0361. The quantitative estimate of drug-likeness (QED) is 0.512. The normalized spacial score (nSPS) is 10.9. The number of anilines is 1. The first kappa shape index (κ1) is 19.3. The molecule has 0 aliphatic heterocycles. The number of aromatic nitrogens is 2. The SMILES string of the molecule is O=C(Nc1cccnc1)c1cccc2c(=O)cc(-c3cccc(OC(F)F)c3)[nH]c12. The third-order valence-electron chi connectivity index (χ3n) is 4.40. The van der Waals surface area contributed by atoms with Crippen molar-refractivity contribution in [2.24, 2.45) is 0 Å². The second-order valence-corrected chi connectivity index (χ2v) is 6.38. The number of carbonyl (C=O) groups excluding carboxylic acids is 1. The smallest absolute Gasteiger partial charge is 0.387 e. The Balaban J connectivity index is 1.78. The van der Waals surface area contributed by atoms with E-state index in [0.29, 0.717) is 27.8 Å². The summed E-state index contributed by atoms with van der Waals surface area (Å²) in [6.45, 7) is -2.96. The second-order valence-electron chi connectivity index (χ2n) is 6.38. The van der Waals surface area contributed by atoms with Crippen molar-refractivity contribution < 1.29 is 18.3 Å². The monoisotopic (exact) mass is 407 g/mol. The van der Waals surface area contributed by atoms with Gasteiger partial charge in [-0.05, 0) is 36.4 Å². The van der Waals surface area contributed by atoms with Crippen LogP contribution in [-0.2, 0) is 0 Å². The number of ether oxygens (including phenoxy) is 1. The molecule has 0 spiro atoms. The molecule has 0 aliphatic rings. The molecule has 1 amide bonds. The lowest BCUT2D eigenvalue weighted by Crippen LogP contribution is -2.14. The maximum Gasteiger partial charge on any atom is 0.387 e. The van der Waals surface area contributed by atoms with Crippen molar-refractivity contribution in [3.05, 3.63) is 88.8 Å². The fourth-order valence-electron chi connectivity index (χ4n) is 3.09. The van der Waals surface area contributed by atoms with E-state index >= 15 is 0 Å². The Labute approximate surface area is 169 Å². The fourth-order valence-corrected chi connectivity index (χ4v) is 3.09. The number of amides is 1.